The zero-order chi connectivity index (χ0) is 14.8. The van der Waals surface area contributed by atoms with Crippen molar-refractivity contribution in [1.82, 2.24) is 10.3 Å². The topological polar surface area (TPSA) is 34.1 Å². The van der Waals surface area contributed by atoms with Crippen LogP contribution in [0.2, 0.25) is 0 Å². The summed E-state index contributed by atoms with van der Waals surface area (Å²) < 4.78 is 5.40. The number of methoxy groups -OCH3 is 1. The van der Waals surface area contributed by atoms with Gasteiger partial charge in [-0.1, -0.05) is 13.8 Å². The van der Waals surface area contributed by atoms with Gasteiger partial charge in [-0.15, -0.1) is 0 Å². The second-order valence-corrected chi connectivity index (χ2v) is 6.14. The average molecular weight is 284 g/mol. The first-order valence-electron chi connectivity index (χ1n) is 7.91. The Morgan fingerprint density at radius 3 is 2.81 bits per heavy atom. The Morgan fingerprint density at radius 1 is 1.24 bits per heavy atom. The van der Waals surface area contributed by atoms with E-state index in [1.165, 1.54) is 35.0 Å². The van der Waals surface area contributed by atoms with Gasteiger partial charge < -0.3 is 10.1 Å². The van der Waals surface area contributed by atoms with E-state index in [2.05, 4.69) is 31.3 Å². The zero-order valence-electron chi connectivity index (χ0n) is 13.2. The molecule has 112 valence electrons. The molecule has 1 heterocycles. The van der Waals surface area contributed by atoms with E-state index in [-0.39, 0.29) is 0 Å². The summed E-state index contributed by atoms with van der Waals surface area (Å²) in [5, 5.41) is 4.81. The summed E-state index contributed by atoms with van der Waals surface area (Å²) in [5.41, 5.74) is 5.29. The molecule has 1 N–H and O–H groups in total. The van der Waals surface area contributed by atoms with Gasteiger partial charge in [-0.05, 0) is 55.0 Å². The number of nitrogens with zero attached hydrogens (tertiary/aromatic N) is 1. The van der Waals surface area contributed by atoms with Crippen molar-refractivity contribution in [2.45, 2.75) is 52.1 Å². The van der Waals surface area contributed by atoms with Crippen LogP contribution in [0.15, 0.2) is 18.2 Å². The Kier molecular flexibility index (Phi) is 4.11. The van der Waals surface area contributed by atoms with Gasteiger partial charge >= 0.3 is 0 Å². The van der Waals surface area contributed by atoms with Gasteiger partial charge in [0.25, 0.3) is 0 Å². The van der Waals surface area contributed by atoms with Gasteiger partial charge in [0.2, 0.25) is 0 Å². The van der Waals surface area contributed by atoms with Gasteiger partial charge in [0.15, 0.2) is 0 Å². The quantitative estimate of drug-likeness (QED) is 0.931. The minimum absolute atomic E-state index is 0.484. The summed E-state index contributed by atoms with van der Waals surface area (Å²) in [6, 6.07) is 6.71. The molecule has 0 aliphatic heterocycles. The molecule has 1 aliphatic rings. The number of fused-ring (bicyclic) bond motifs is 2. The van der Waals surface area contributed by atoms with Gasteiger partial charge in [-0.2, -0.15) is 0 Å². The average Bonchev–Trinajstić information content (AvgIpc) is 2.50. The van der Waals surface area contributed by atoms with E-state index in [9.17, 15) is 0 Å². The lowest BCUT2D eigenvalue weighted by Gasteiger charge is -2.22. The highest BCUT2D eigenvalue weighted by Crippen LogP contribution is 2.31. The number of hydrogen-bond donors (Lipinski definition) is 1. The van der Waals surface area contributed by atoms with Crippen LogP contribution in [0.3, 0.4) is 0 Å². The highest BCUT2D eigenvalue weighted by molar-refractivity contribution is 5.85. The van der Waals surface area contributed by atoms with Crippen molar-refractivity contribution in [3.8, 4) is 5.75 Å². The number of ether oxygens (including phenoxy) is 1. The van der Waals surface area contributed by atoms with Gasteiger partial charge in [0, 0.05) is 23.7 Å². The Labute approximate surface area is 126 Å². The summed E-state index contributed by atoms with van der Waals surface area (Å²) in [7, 11) is 1.72. The first-order valence-corrected chi connectivity index (χ1v) is 7.91. The lowest BCUT2D eigenvalue weighted by molar-refractivity contribution is 0.415. The Morgan fingerprint density at radius 2 is 2.05 bits per heavy atom. The minimum Gasteiger partial charge on any atom is -0.497 e. The van der Waals surface area contributed by atoms with Crippen molar-refractivity contribution in [3.63, 3.8) is 0 Å². The van der Waals surface area contributed by atoms with Gasteiger partial charge in [0.05, 0.1) is 12.6 Å². The zero-order valence-corrected chi connectivity index (χ0v) is 13.2. The van der Waals surface area contributed by atoms with E-state index in [4.69, 9.17) is 9.72 Å². The van der Waals surface area contributed by atoms with Crippen LogP contribution in [-0.2, 0) is 19.4 Å². The molecule has 3 rings (SSSR count). The minimum atomic E-state index is 0.484. The Balaban J connectivity index is 2.16. The fraction of sp³-hybridized carbons (Fsp3) is 0.500. The van der Waals surface area contributed by atoms with Crippen molar-refractivity contribution in [2.24, 2.45) is 0 Å². The second kappa shape index (κ2) is 6.02. The number of aromatic nitrogens is 1. The van der Waals surface area contributed by atoms with E-state index >= 15 is 0 Å². The van der Waals surface area contributed by atoms with Crippen LogP contribution in [0.25, 0.3) is 10.9 Å². The third-order valence-electron chi connectivity index (χ3n) is 4.27. The molecule has 0 saturated heterocycles. The highest BCUT2D eigenvalue weighted by Gasteiger charge is 2.18. The summed E-state index contributed by atoms with van der Waals surface area (Å²) in [5.74, 6) is 0.908. The fourth-order valence-electron chi connectivity index (χ4n) is 3.14. The van der Waals surface area contributed by atoms with Crippen LogP contribution < -0.4 is 10.1 Å². The molecule has 3 heteroatoms. The molecule has 3 nitrogen and oxygen atoms in total. The van der Waals surface area contributed by atoms with E-state index in [1.807, 2.05) is 6.07 Å². The molecular formula is C18H24N2O. The predicted octanol–water partition coefficient (Wildman–Crippen LogP) is 3.62. The van der Waals surface area contributed by atoms with E-state index in [0.717, 1.165) is 30.7 Å². The first kappa shape index (κ1) is 14.3. The van der Waals surface area contributed by atoms with Crippen LogP contribution >= 0.6 is 0 Å². The number of aryl methyl sites for hydroxylation is 1. The first-order chi connectivity index (χ1) is 10.2. The van der Waals surface area contributed by atoms with E-state index < -0.39 is 0 Å². The molecule has 0 radical (unpaired) electrons. The van der Waals surface area contributed by atoms with Crippen LogP contribution in [-0.4, -0.2) is 18.1 Å². The molecule has 0 amide bonds. The summed E-state index contributed by atoms with van der Waals surface area (Å²) in [6.07, 6.45) is 4.81. The van der Waals surface area contributed by atoms with Gasteiger partial charge in [-0.25, -0.2) is 0 Å². The van der Waals surface area contributed by atoms with Crippen molar-refractivity contribution < 1.29 is 4.74 Å². The van der Waals surface area contributed by atoms with Crippen molar-refractivity contribution in [2.75, 3.05) is 7.11 Å². The molecule has 1 aliphatic carbocycles. The van der Waals surface area contributed by atoms with Crippen LogP contribution in [0.4, 0.5) is 0 Å². The largest absolute Gasteiger partial charge is 0.497 e. The van der Waals surface area contributed by atoms with Crippen molar-refractivity contribution >= 4 is 10.9 Å². The fourth-order valence-corrected chi connectivity index (χ4v) is 3.14. The molecule has 2 aromatic rings. The van der Waals surface area contributed by atoms with Crippen molar-refractivity contribution in [1.29, 1.82) is 0 Å². The third-order valence-corrected chi connectivity index (χ3v) is 4.27. The maximum Gasteiger partial charge on any atom is 0.119 e. The van der Waals surface area contributed by atoms with Gasteiger partial charge in [-0.3, -0.25) is 4.98 Å². The number of rotatable bonds is 4. The van der Waals surface area contributed by atoms with E-state index in [1.54, 1.807) is 7.11 Å². The third kappa shape index (κ3) is 2.88. The molecule has 21 heavy (non-hydrogen) atoms. The number of benzene rings is 1. The van der Waals surface area contributed by atoms with E-state index in [0.29, 0.717) is 6.04 Å². The summed E-state index contributed by atoms with van der Waals surface area (Å²) in [6.45, 7) is 5.29. The normalized spacial score (nSPS) is 14.5. The maximum atomic E-state index is 5.40. The molecular weight excluding hydrogens is 260 g/mol. The van der Waals surface area contributed by atoms with Crippen LogP contribution in [0.5, 0.6) is 5.75 Å². The van der Waals surface area contributed by atoms with Crippen LogP contribution in [0, 0.1) is 0 Å². The maximum absolute atomic E-state index is 5.40. The number of pyridine rings is 1. The lowest BCUT2D eigenvalue weighted by atomic mass is 9.89. The van der Waals surface area contributed by atoms with Crippen LogP contribution in [0.1, 0.15) is 43.5 Å². The molecule has 1 aromatic carbocycles. The van der Waals surface area contributed by atoms with Crippen molar-refractivity contribution in [3.05, 3.63) is 35.0 Å². The lowest BCUT2D eigenvalue weighted by Crippen LogP contribution is -2.24. The molecule has 0 fully saturated rings. The molecule has 0 spiro atoms. The molecule has 0 atom stereocenters. The smallest absolute Gasteiger partial charge is 0.119 e. The predicted molar refractivity (Wildman–Crippen MR) is 86.9 cm³/mol. The molecule has 0 unspecified atom stereocenters. The number of hydrogen-bond acceptors (Lipinski definition) is 3. The van der Waals surface area contributed by atoms with Gasteiger partial charge in [0.1, 0.15) is 5.75 Å². The highest BCUT2D eigenvalue weighted by atomic mass is 16.5. The second-order valence-electron chi connectivity index (χ2n) is 6.14. The summed E-state index contributed by atoms with van der Waals surface area (Å²) >= 11 is 0. The Bertz CT molecular complexity index is 649. The Hall–Kier alpha value is -1.61. The SMILES string of the molecule is COc1ccc2nc3c(c(CNC(C)C)c2c1)CCCC3. The number of nitrogens with one attached hydrogen (secondary N) is 1. The molecule has 0 bridgehead atoms. The standard InChI is InChI=1S/C18H24N2O/c1-12(2)19-11-16-14-6-4-5-7-17(14)20-18-9-8-13(21-3)10-15(16)18/h8-10,12,19H,4-7,11H2,1-3H3. The monoisotopic (exact) mass is 284 g/mol. The molecule has 0 saturated carbocycles. The summed E-state index contributed by atoms with van der Waals surface area (Å²) in [4.78, 5) is 4.90. The molecule has 1 aromatic heterocycles.